The van der Waals surface area contributed by atoms with Crippen molar-refractivity contribution in [3.63, 3.8) is 0 Å². The monoisotopic (exact) mass is 328 g/mol. The molecule has 2 nitrogen and oxygen atoms in total. The summed E-state index contributed by atoms with van der Waals surface area (Å²) in [6.07, 6.45) is 4.61. The summed E-state index contributed by atoms with van der Waals surface area (Å²) in [6.45, 7) is 5.69. The third-order valence-electron chi connectivity index (χ3n) is 3.65. The van der Waals surface area contributed by atoms with E-state index in [0.717, 1.165) is 23.9 Å². The van der Waals surface area contributed by atoms with Crippen LogP contribution < -0.4 is 5.32 Å². The minimum absolute atomic E-state index is 0.177. The van der Waals surface area contributed by atoms with Crippen LogP contribution in [0.25, 0.3) is 0 Å². The summed E-state index contributed by atoms with van der Waals surface area (Å²) in [4.78, 5) is 2.51. The van der Waals surface area contributed by atoms with Gasteiger partial charge in [-0.3, -0.25) is 0 Å². The lowest BCUT2D eigenvalue weighted by Crippen LogP contribution is -2.27. The Hall–Kier alpha value is -0.610. The molecule has 1 aromatic rings. The van der Waals surface area contributed by atoms with Gasteiger partial charge < -0.3 is 10.2 Å². The van der Waals surface area contributed by atoms with Crippen LogP contribution in [0.15, 0.2) is 22.7 Å². The molecule has 1 aliphatic rings. The number of rotatable bonds is 4. The Morgan fingerprint density at radius 2 is 2.21 bits per heavy atom. The lowest BCUT2D eigenvalue weighted by Gasteiger charge is -2.20. The first-order chi connectivity index (χ1) is 9.19. The van der Waals surface area contributed by atoms with Crippen LogP contribution in [0.3, 0.4) is 0 Å². The zero-order valence-corrected chi connectivity index (χ0v) is 13.0. The van der Waals surface area contributed by atoms with E-state index >= 15 is 0 Å². The van der Waals surface area contributed by atoms with E-state index in [0.29, 0.717) is 11.7 Å². The largest absolute Gasteiger partial charge is 0.380 e. The molecule has 2 rings (SSSR count). The number of nitrogens with one attached hydrogen (secondary N) is 1. The number of benzene rings is 1. The second-order valence-electron chi connectivity index (χ2n) is 5.24. The van der Waals surface area contributed by atoms with Gasteiger partial charge in [0.15, 0.2) is 0 Å². The standard InChI is InChI=1S/C15H22BrFN2/c1-2-8-19-9-3-4-13(7-10-19)18-15-6-5-12(16)11-14(15)17/h5-6,11,13,18H,2-4,7-10H2,1H3. The molecule has 0 saturated carbocycles. The van der Waals surface area contributed by atoms with Crippen LogP contribution in [0.5, 0.6) is 0 Å². The van der Waals surface area contributed by atoms with Crippen molar-refractivity contribution in [2.45, 2.75) is 38.6 Å². The second kappa shape index (κ2) is 7.25. The molecular weight excluding hydrogens is 307 g/mol. The van der Waals surface area contributed by atoms with E-state index in [1.807, 2.05) is 12.1 Å². The zero-order valence-electron chi connectivity index (χ0n) is 11.5. The molecule has 1 heterocycles. The topological polar surface area (TPSA) is 15.3 Å². The molecule has 1 unspecified atom stereocenters. The number of likely N-dealkylation sites (tertiary alicyclic amines) is 1. The average molecular weight is 329 g/mol. The molecule has 0 aliphatic carbocycles. The summed E-state index contributed by atoms with van der Waals surface area (Å²) in [5.74, 6) is -0.177. The molecule has 1 aliphatic heterocycles. The molecule has 0 bridgehead atoms. The fourth-order valence-electron chi connectivity index (χ4n) is 2.67. The van der Waals surface area contributed by atoms with Gasteiger partial charge >= 0.3 is 0 Å². The van der Waals surface area contributed by atoms with Crippen LogP contribution in [-0.2, 0) is 0 Å². The van der Waals surface area contributed by atoms with Gasteiger partial charge in [-0.05, 0) is 57.0 Å². The maximum atomic E-state index is 13.8. The summed E-state index contributed by atoms with van der Waals surface area (Å²) in [5, 5.41) is 3.36. The van der Waals surface area contributed by atoms with Crippen LogP contribution in [0.1, 0.15) is 32.6 Å². The highest BCUT2D eigenvalue weighted by Crippen LogP contribution is 2.22. The van der Waals surface area contributed by atoms with E-state index < -0.39 is 0 Å². The zero-order chi connectivity index (χ0) is 13.7. The average Bonchev–Trinajstić information content (AvgIpc) is 2.59. The Labute approximate surface area is 123 Å². The van der Waals surface area contributed by atoms with E-state index in [1.165, 1.54) is 32.0 Å². The minimum atomic E-state index is -0.177. The highest BCUT2D eigenvalue weighted by molar-refractivity contribution is 9.10. The van der Waals surface area contributed by atoms with Crippen molar-refractivity contribution in [3.05, 3.63) is 28.5 Å². The molecule has 1 aromatic carbocycles. The van der Waals surface area contributed by atoms with Gasteiger partial charge in [-0.25, -0.2) is 4.39 Å². The fourth-order valence-corrected chi connectivity index (χ4v) is 3.00. The first-order valence-corrected chi connectivity index (χ1v) is 7.92. The molecule has 0 spiro atoms. The first-order valence-electron chi connectivity index (χ1n) is 7.13. The van der Waals surface area contributed by atoms with Crippen LogP contribution in [-0.4, -0.2) is 30.6 Å². The van der Waals surface area contributed by atoms with Crippen LogP contribution >= 0.6 is 15.9 Å². The van der Waals surface area contributed by atoms with Gasteiger partial charge in [0.25, 0.3) is 0 Å². The number of anilines is 1. The second-order valence-corrected chi connectivity index (χ2v) is 6.15. The van der Waals surface area contributed by atoms with Crippen LogP contribution in [0.2, 0.25) is 0 Å². The van der Waals surface area contributed by atoms with Gasteiger partial charge in [0.05, 0.1) is 5.69 Å². The molecule has 4 heteroatoms. The molecule has 1 N–H and O–H groups in total. The summed E-state index contributed by atoms with van der Waals surface area (Å²) in [5.41, 5.74) is 0.622. The summed E-state index contributed by atoms with van der Waals surface area (Å²) >= 11 is 3.28. The Bertz CT molecular complexity index is 411. The third-order valence-corrected chi connectivity index (χ3v) is 4.14. The lowest BCUT2D eigenvalue weighted by molar-refractivity contribution is 0.285. The van der Waals surface area contributed by atoms with E-state index in [4.69, 9.17) is 0 Å². The molecule has 1 saturated heterocycles. The van der Waals surface area contributed by atoms with Crippen molar-refractivity contribution in [3.8, 4) is 0 Å². The van der Waals surface area contributed by atoms with Crippen molar-refractivity contribution in [1.29, 1.82) is 0 Å². The number of hydrogen-bond donors (Lipinski definition) is 1. The number of halogens is 2. The van der Waals surface area contributed by atoms with Gasteiger partial charge in [0.1, 0.15) is 5.82 Å². The maximum absolute atomic E-state index is 13.8. The van der Waals surface area contributed by atoms with Gasteiger partial charge in [-0.2, -0.15) is 0 Å². The normalized spacial score (nSPS) is 21.1. The smallest absolute Gasteiger partial charge is 0.147 e. The highest BCUT2D eigenvalue weighted by atomic mass is 79.9. The van der Waals surface area contributed by atoms with E-state index in [1.54, 1.807) is 0 Å². The van der Waals surface area contributed by atoms with Gasteiger partial charge in [0, 0.05) is 17.1 Å². The minimum Gasteiger partial charge on any atom is -0.380 e. The van der Waals surface area contributed by atoms with Crippen LogP contribution in [0.4, 0.5) is 10.1 Å². The molecule has 0 amide bonds. The van der Waals surface area contributed by atoms with Crippen molar-refractivity contribution < 1.29 is 4.39 Å². The van der Waals surface area contributed by atoms with Gasteiger partial charge in [-0.1, -0.05) is 22.9 Å². The Kier molecular flexibility index (Phi) is 5.64. The Morgan fingerprint density at radius 1 is 1.37 bits per heavy atom. The summed E-state index contributed by atoms with van der Waals surface area (Å²) in [6, 6.07) is 5.60. The van der Waals surface area contributed by atoms with Crippen molar-refractivity contribution in [2.24, 2.45) is 0 Å². The summed E-state index contributed by atoms with van der Waals surface area (Å²) < 4.78 is 14.6. The molecule has 1 fully saturated rings. The van der Waals surface area contributed by atoms with E-state index in [2.05, 4.69) is 33.1 Å². The van der Waals surface area contributed by atoms with Crippen molar-refractivity contribution >= 4 is 21.6 Å². The van der Waals surface area contributed by atoms with Crippen molar-refractivity contribution in [1.82, 2.24) is 4.90 Å². The lowest BCUT2D eigenvalue weighted by atomic mass is 10.1. The Balaban J connectivity index is 1.92. The molecule has 0 radical (unpaired) electrons. The fraction of sp³-hybridized carbons (Fsp3) is 0.600. The SMILES string of the molecule is CCCN1CCCC(Nc2ccc(Br)cc2F)CC1. The molecular formula is C15H22BrFN2. The quantitative estimate of drug-likeness (QED) is 0.888. The van der Waals surface area contributed by atoms with Gasteiger partial charge in [-0.15, -0.1) is 0 Å². The van der Waals surface area contributed by atoms with Crippen LogP contribution in [0, 0.1) is 5.82 Å². The molecule has 1 atom stereocenters. The molecule has 106 valence electrons. The number of hydrogen-bond acceptors (Lipinski definition) is 2. The Morgan fingerprint density at radius 3 is 2.95 bits per heavy atom. The predicted molar refractivity (Wildman–Crippen MR) is 82.1 cm³/mol. The summed E-state index contributed by atoms with van der Waals surface area (Å²) in [7, 11) is 0. The predicted octanol–water partition coefficient (Wildman–Crippen LogP) is 4.26. The van der Waals surface area contributed by atoms with Crippen molar-refractivity contribution in [2.75, 3.05) is 25.0 Å². The molecule has 0 aromatic heterocycles. The third kappa shape index (κ3) is 4.46. The van der Waals surface area contributed by atoms with E-state index in [-0.39, 0.29) is 5.82 Å². The maximum Gasteiger partial charge on any atom is 0.147 e. The number of nitrogens with zero attached hydrogens (tertiary/aromatic N) is 1. The highest BCUT2D eigenvalue weighted by Gasteiger charge is 2.17. The van der Waals surface area contributed by atoms with Gasteiger partial charge in [0.2, 0.25) is 0 Å². The van der Waals surface area contributed by atoms with E-state index in [9.17, 15) is 4.39 Å². The first kappa shape index (κ1) is 14.8. The molecule has 19 heavy (non-hydrogen) atoms.